The van der Waals surface area contributed by atoms with Crippen molar-refractivity contribution >= 4 is 11.9 Å². The molecule has 1 fully saturated rings. The van der Waals surface area contributed by atoms with Crippen molar-refractivity contribution in [2.75, 3.05) is 19.6 Å². The van der Waals surface area contributed by atoms with Gasteiger partial charge in [-0.05, 0) is 43.4 Å². The number of benzene rings is 1. The van der Waals surface area contributed by atoms with Gasteiger partial charge < -0.3 is 16.0 Å². The summed E-state index contributed by atoms with van der Waals surface area (Å²) in [5, 5.41) is 9.29. The maximum atomic E-state index is 13.2. The topological polar surface area (TPSA) is 65.5 Å². The van der Waals surface area contributed by atoms with Crippen LogP contribution in [0.15, 0.2) is 29.3 Å². The molecule has 5 nitrogen and oxygen atoms in total. The van der Waals surface area contributed by atoms with Crippen LogP contribution < -0.4 is 16.0 Å². The van der Waals surface area contributed by atoms with Crippen molar-refractivity contribution in [3.05, 3.63) is 35.6 Å². The third kappa shape index (κ3) is 7.54. The summed E-state index contributed by atoms with van der Waals surface area (Å²) < 4.78 is 13.2. The lowest BCUT2D eigenvalue weighted by atomic mass is 10.0. The monoisotopic (exact) mass is 348 g/mol. The lowest BCUT2D eigenvalue weighted by Gasteiger charge is -2.13. The second-order valence-corrected chi connectivity index (χ2v) is 6.46. The molecular weight excluding hydrogens is 319 g/mol. The zero-order valence-corrected chi connectivity index (χ0v) is 15.0. The van der Waals surface area contributed by atoms with Gasteiger partial charge in [0.15, 0.2) is 5.96 Å². The predicted octanol–water partition coefficient (Wildman–Crippen LogP) is 2.58. The van der Waals surface area contributed by atoms with Gasteiger partial charge in [0, 0.05) is 26.1 Å². The molecule has 2 rings (SSSR count). The number of guanidine groups is 1. The van der Waals surface area contributed by atoms with Crippen LogP contribution in [-0.4, -0.2) is 31.5 Å². The fourth-order valence-electron chi connectivity index (χ4n) is 3.08. The Labute approximate surface area is 149 Å². The Morgan fingerprint density at radius 3 is 2.68 bits per heavy atom. The Kier molecular flexibility index (Phi) is 8.22. The maximum absolute atomic E-state index is 13.2. The Morgan fingerprint density at radius 2 is 1.96 bits per heavy atom. The van der Waals surface area contributed by atoms with Gasteiger partial charge in [-0.2, -0.15) is 0 Å². The first-order chi connectivity index (χ1) is 12.2. The van der Waals surface area contributed by atoms with Gasteiger partial charge in [-0.1, -0.05) is 25.0 Å². The fraction of sp³-hybridized carbons (Fsp3) is 0.579. The van der Waals surface area contributed by atoms with Crippen molar-refractivity contribution in [3.63, 3.8) is 0 Å². The normalized spacial score (nSPS) is 15.2. The van der Waals surface area contributed by atoms with Crippen LogP contribution >= 0.6 is 0 Å². The molecule has 1 aliphatic rings. The highest BCUT2D eigenvalue weighted by atomic mass is 19.1. The Balaban J connectivity index is 1.69. The van der Waals surface area contributed by atoms with Crippen molar-refractivity contribution in [3.8, 4) is 0 Å². The lowest BCUT2D eigenvalue weighted by Crippen LogP contribution is -2.41. The third-order valence-electron chi connectivity index (χ3n) is 4.34. The standard InChI is InChI=1S/C19H29FN4O/c1-2-21-19(24-14-16-8-5-9-17(20)12-16)23-11-10-22-18(25)13-15-6-3-4-7-15/h5,8-9,12,15H,2-4,6-7,10-11,13-14H2,1H3,(H,22,25)(H2,21,23,24). The summed E-state index contributed by atoms with van der Waals surface area (Å²) in [6.45, 7) is 4.30. The molecule has 1 amide bonds. The highest BCUT2D eigenvalue weighted by Gasteiger charge is 2.17. The van der Waals surface area contributed by atoms with E-state index in [1.165, 1.54) is 37.8 Å². The molecule has 0 aliphatic heterocycles. The summed E-state index contributed by atoms with van der Waals surface area (Å²) in [7, 11) is 0. The first-order valence-electron chi connectivity index (χ1n) is 9.20. The Bertz CT molecular complexity index is 570. The van der Waals surface area contributed by atoms with Crippen molar-refractivity contribution in [2.24, 2.45) is 10.9 Å². The van der Waals surface area contributed by atoms with Crippen molar-refractivity contribution in [2.45, 2.75) is 45.6 Å². The average Bonchev–Trinajstić information content (AvgIpc) is 3.09. The number of nitrogens with one attached hydrogen (secondary N) is 3. The number of amides is 1. The number of aliphatic imine (C=N–C) groups is 1. The van der Waals surface area contributed by atoms with Gasteiger partial charge in [0.2, 0.25) is 5.91 Å². The largest absolute Gasteiger partial charge is 0.357 e. The maximum Gasteiger partial charge on any atom is 0.220 e. The molecule has 1 aromatic rings. The van der Waals surface area contributed by atoms with Gasteiger partial charge in [-0.15, -0.1) is 0 Å². The summed E-state index contributed by atoms with van der Waals surface area (Å²) in [6.07, 6.45) is 5.53. The van der Waals surface area contributed by atoms with Gasteiger partial charge >= 0.3 is 0 Å². The van der Waals surface area contributed by atoms with Crippen LogP contribution in [0.3, 0.4) is 0 Å². The molecule has 0 atom stereocenters. The molecule has 1 saturated carbocycles. The van der Waals surface area contributed by atoms with E-state index < -0.39 is 0 Å². The number of hydrogen-bond donors (Lipinski definition) is 3. The molecule has 6 heteroatoms. The molecule has 0 unspecified atom stereocenters. The van der Waals surface area contributed by atoms with Crippen molar-refractivity contribution < 1.29 is 9.18 Å². The Morgan fingerprint density at radius 1 is 1.20 bits per heavy atom. The molecule has 0 heterocycles. The minimum absolute atomic E-state index is 0.135. The van der Waals surface area contributed by atoms with E-state index in [0.29, 0.717) is 37.9 Å². The molecule has 1 aromatic carbocycles. The van der Waals surface area contributed by atoms with E-state index in [9.17, 15) is 9.18 Å². The van der Waals surface area contributed by atoms with Gasteiger partial charge in [-0.25, -0.2) is 9.38 Å². The molecule has 0 aromatic heterocycles. The molecule has 25 heavy (non-hydrogen) atoms. The molecule has 0 bridgehead atoms. The highest BCUT2D eigenvalue weighted by Crippen LogP contribution is 2.27. The summed E-state index contributed by atoms with van der Waals surface area (Å²) in [4.78, 5) is 16.3. The molecule has 1 aliphatic carbocycles. The Hall–Kier alpha value is -2.11. The van der Waals surface area contributed by atoms with Gasteiger partial charge in [-0.3, -0.25) is 4.79 Å². The molecular formula is C19H29FN4O. The first kappa shape index (κ1) is 19.2. The number of carbonyl (C=O) groups is 1. The third-order valence-corrected chi connectivity index (χ3v) is 4.34. The second-order valence-electron chi connectivity index (χ2n) is 6.46. The van der Waals surface area contributed by atoms with Crippen LogP contribution in [0, 0.1) is 11.7 Å². The minimum Gasteiger partial charge on any atom is -0.357 e. The molecule has 138 valence electrons. The van der Waals surface area contributed by atoms with Crippen LogP contribution in [0.25, 0.3) is 0 Å². The number of rotatable bonds is 8. The first-order valence-corrected chi connectivity index (χ1v) is 9.20. The van der Waals surface area contributed by atoms with Crippen LogP contribution in [0.4, 0.5) is 4.39 Å². The average molecular weight is 348 g/mol. The van der Waals surface area contributed by atoms with Gasteiger partial charge in [0.25, 0.3) is 0 Å². The number of carbonyl (C=O) groups excluding carboxylic acids is 1. The number of nitrogens with zero attached hydrogens (tertiary/aromatic N) is 1. The zero-order valence-electron chi connectivity index (χ0n) is 15.0. The summed E-state index contributed by atoms with van der Waals surface area (Å²) in [6, 6.07) is 6.43. The lowest BCUT2D eigenvalue weighted by molar-refractivity contribution is -0.121. The number of halogens is 1. The van der Waals surface area contributed by atoms with Crippen molar-refractivity contribution in [1.82, 2.24) is 16.0 Å². The molecule has 0 saturated heterocycles. The quantitative estimate of drug-likeness (QED) is 0.384. The summed E-state index contributed by atoms with van der Waals surface area (Å²) in [5.74, 6) is 1.11. The molecule has 0 radical (unpaired) electrons. The second kappa shape index (κ2) is 10.7. The summed E-state index contributed by atoms with van der Waals surface area (Å²) >= 11 is 0. The SMILES string of the molecule is CCNC(=NCc1cccc(F)c1)NCCNC(=O)CC1CCCC1. The van der Waals surface area contributed by atoms with Gasteiger partial charge in [0.05, 0.1) is 6.54 Å². The smallest absolute Gasteiger partial charge is 0.220 e. The van der Waals surface area contributed by atoms with E-state index in [1.54, 1.807) is 6.07 Å². The van der Waals surface area contributed by atoms with E-state index in [0.717, 1.165) is 12.1 Å². The van der Waals surface area contributed by atoms with E-state index in [4.69, 9.17) is 0 Å². The molecule has 3 N–H and O–H groups in total. The van der Waals surface area contributed by atoms with Crippen LogP contribution in [0.2, 0.25) is 0 Å². The zero-order chi connectivity index (χ0) is 17.9. The van der Waals surface area contributed by atoms with Crippen molar-refractivity contribution in [1.29, 1.82) is 0 Å². The van der Waals surface area contributed by atoms with Gasteiger partial charge in [0.1, 0.15) is 5.82 Å². The van der Waals surface area contributed by atoms with E-state index in [1.807, 2.05) is 13.0 Å². The summed E-state index contributed by atoms with van der Waals surface area (Å²) in [5.41, 5.74) is 0.821. The van der Waals surface area contributed by atoms with Crippen LogP contribution in [-0.2, 0) is 11.3 Å². The highest BCUT2D eigenvalue weighted by molar-refractivity contribution is 5.80. The van der Waals surface area contributed by atoms with E-state index >= 15 is 0 Å². The fourth-order valence-corrected chi connectivity index (χ4v) is 3.08. The predicted molar refractivity (Wildman–Crippen MR) is 98.8 cm³/mol. The van der Waals surface area contributed by atoms with Crippen LogP contribution in [0.1, 0.15) is 44.6 Å². The minimum atomic E-state index is -0.254. The van der Waals surface area contributed by atoms with E-state index in [2.05, 4.69) is 20.9 Å². The number of hydrogen-bond acceptors (Lipinski definition) is 2. The van der Waals surface area contributed by atoms with Crippen LogP contribution in [0.5, 0.6) is 0 Å². The van der Waals surface area contributed by atoms with E-state index in [-0.39, 0.29) is 11.7 Å². The molecule has 0 spiro atoms.